The zero-order valence-electron chi connectivity index (χ0n) is 10.1. The Kier molecular flexibility index (Phi) is 3.71. The van der Waals surface area contributed by atoms with Gasteiger partial charge in [-0.2, -0.15) is 0 Å². The van der Waals surface area contributed by atoms with Crippen LogP contribution in [0.15, 0.2) is 36.4 Å². The van der Waals surface area contributed by atoms with Crippen molar-refractivity contribution in [1.82, 2.24) is 0 Å². The van der Waals surface area contributed by atoms with Crippen LogP contribution >= 0.6 is 11.6 Å². The summed E-state index contributed by atoms with van der Waals surface area (Å²) in [6.07, 6.45) is 0. The molecule has 0 fully saturated rings. The van der Waals surface area contributed by atoms with E-state index in [1.54, 1.807) is 31.2 Å². The van der Waals surface area contributed by atoms with Crippen LogP contribution in [0.3, 0.4) is 0 Å². The van der Waals surface area contributed by atoms with Gasteiger partial charge in [0.05, 0.1) is 11.3 Å². The predicted octanol–water partition coefficient (Wildman–Crippen LogP) is 4.23. The highest BCUT2D eigenvalue weighted by Crippen LogP contribution is 2.25. The molecule has 5 heteroatoms. The lowest BCUT2D eigenvalue weighted by atomic mass is 10.1. The molecule has 2 N–H and O–H groups in total. The van der Waals surface area contributed by atoms with Crippen LogP contribution in [0.2, 0.25) is 5.02 Å². The molecule has 0 atom stereocenters. The minimum Gasteiger partial charge on any atom is -0.478 e. The Morgan fingerprint density at radius 3 is 2.63 bits per heavy atom. The quantitative estimate of drug-likeness (QED) is 0.884. The predicted molar refractivity (Wildman–Crippen MR) is 72.8 cm³/mol. The van der Waals surface area contributed by atoms with Crippen LogP contribution in [0.4, 0.5) is 15.8 Å². The molecule has 0 saturated carbocycles. The molecule has 0 bridgehead atoms. The summed E-state index contributed by atoms with van der Waals surface area (Å²) in [5.74, 6) is -1.45. The first-order valence-corrected chi connectivity index (χ1v) is 5.91. The van der Waals surface area contributed by atoms with Crippen molar-refractivity contribution in [2.45, 2.75) is 6.92 Å². The molecule has 2 aromatic carbocycles. The third-order valence-corrected chi connectivity index (χ3v) is 2.90. The number of anilines is 2. The number of carboxylic acid groups (broad SMARTS) is 1. The van der Waals surface area contributed by atoms with Crippen LogP contribution in [-0.2, 0) is 0 Å². The molecule has 0 amide bonds. The molecule has 0 unspecified atom stereocenters. The van der Waals surface area contributed by atoms with Crippen molar-refractivity contribution >= 4 is 28.9 Å². The van der Waals surface area contributed by atoms with Crippen LogP contribution in [0.5, 0.6) is 0 Å². The van der Waals surface area contributed by atoms with Gasteiger partial charge in [0.1, 0.15) is 5.82 Å². The summed E-state index contributed by atoms with van der Waals surface area (Å²) >= 11 is 5.76. The van der Waals surface area contributed by atoms with E-state index in [9.17, 15) is 9.18 Å². The van der Waals surface area contributed by atoms with E-state index in [0.29, 0.717) is 22.0 Å². The second-order valence-electron chi connectivity index (χ2n) is 4.08. The summed E-state index contributed by atoms with van der Waals surface area (Å²) in [6, 6.07) is 9.07. The van der Waals surface area contributed by atoms with Crippen molar-refractivity contribution in [1.29, 1.82) is 0 Å². The van der Waals surface area contributed by atoms with Gasteiger partial charge in [0, 0.05) is 10.7 Å². The minimum atomic E-state index is -1.10. The molecule has 0 aromatic heterocycles. The Morgan fingerprint density at radius 2 is 2.00 bits per heavy atom. The maximum Gasteiger partial charge on any atom is 0.337 e. The maximum absolute atomic E-state index is 13.4. The second-order valence-corrected chi connectivity index (χ2v) is 4.52. The van der Waals surface area contributed by atoms with Gasteiger partial charge in [-0.25, -0.2) is 9.18 Å². The Morgan fingerprint density at radius 1 is 1.26 bits per heavy atom. The lowest BCUT2D eigenvalue weighted by molar-refractivity contribution is 0.0698. The molecule has 2 aromatic rings. The molecule has 0 radical (unpaired) electrons. The van der Waals surface area contributed by atoms with Crippen LogP contribution in [0.1, 0.15) is 15.9 Å². The molecule has 0 aliphatic heterocycles. The van der Waals surface area contributed by atoms with Crippen molar-refractivity contribution in [2.24, 2.45) is 0 Å². The lowest BCUT2D eigenvalue weighted by Gasteiger charge is -2.10. The first-order valence-electron chi connectivity index (χ1n) is 5.53. The smallest absolute Gasteiger partial charge is 0.337 e. The molecule has 0 aliphatic rings. The summed E-state index contributed by atoms with van der Waals surface area (Å²) in [4.78, 5) is 11.1. The first kappa shape index (κ1) is 13.4. The van der Waals surface area contributed by atoms with Gasteiger partial charge in [-0.1, -0.05) is 17.7 Å². The van der Waals surface area contributed by atoms with Crippen LogP contribution in [0, 0.1) is 12.7 Å². The van der Waals surface area contributed by atoms with Gasteiger partial charge in [-0.3, -0.25) is 0 Å². The van der Waals surface area contributed by atoms with Crippen LogP contribution in [0.25, 0.3) is 0 Å². The molecular formula is C14H11ClFNO2. The van der Waals surface area contributed by atoms with Crippen molar-refractivity contribution in [3.63, 3.8) is 0 Å². The SMILES string of the molecule is Cc1ccc(Nc2ccc(Cl)cc2C(=O)O)cc1F. The molecule has 3 nitrogen and oxygen atoms in total. The highest BCUT2D eigenvalue weighted by molar-refractivity contribution is 6.31. The van der Waals surface area contributed by atoms with Crippen molar-refractivity contribution < 1.29 is 14.3 Å². The van der Waals surface area contributed by atoms with Crippen LogP contribution < -0.4 is 5.32 Å². The van der Waals surface area contributed by atoms with E-state index < -0.39 is 5.97 Å². The number of hydrogen-bond acceptors (Lipinski definition) is 2. The molecule has 0 saturated heterocycles. The van der Waals surface area contributed by atoms with Crippen molar-refractivity contribution in [3.8, 4) is 0 Å². The highest BCUT2D eigenvalue weighted by Gasteiger charge is 2.11. The fourth-order valence-corrected chi connectivity index (χ4v) is 1.80. The monoisotopic (exact) mass is 279 g/mol. The number of carbonyl (C=O) groups is 1. The van der Waals surface area contributed by atoms with Gasteiger partial charge in [0.25, 0.3) is 0 Å². The van der Waals surface area contributed by atoms with E-state index >= 15 is 0 Å². The van der Waals surface area contributed by atoms with E-state index in [1.807, 2.05) is 0 Å². The number of benzene rings is 2. The fraction of sp³-hybridized carbons (Fsp3) is 0.0714. The number of carboxylic acids is 1. The summed E-state index contributed by atoms with van der Waals surface area (Å²) in [7, 11) is 0. The van der Waals surface area contributed by atoms with E-state index in [4.69, 9.17) is 16.7 Å². The molecule has 0 spiro atoms. The summed E-state index contributed by atoms with van der Waals surface area (Å²) in [5, 5.41) is 12.3. The maximum atomic E-state index is 13.4. The number of aromatic carboxylic acids is 1. The molecule has 0 heterocycles. The Labute approximate surface area is 114 Å². The zero-order chi connectivity index (χ0) is 14.0. The molecule has 0 aliphatic carbocycles. The lowest BCUT2D eigenvalue weighted by Crippen LogP contribution is -2.03. The van der Waals surface area contributed by atoms with E-state index in [-0.39, 0.29) is 11.4 Å². The number of nitrogens with one attached hydrogen (secondary N) is 1. The summed E-state index contributed by atoms with van der Waals surface area (Å²) < 4.78 is 13.4. The molecule has 19 heavy (non-hydrogen) atoms. The van der Waals surface area contributed by atoms with Gasteiger partial charge in [0.2, 0.25) is 0 Å². The normalized spacial score (nSPS) is 10.3. The third kappa shape index (κ3) is 3.03. The van der Waals surface area contributed by atoms with E-state index in [1.165, 1.54) is 12.1 Å². The average Bonchev–Trinajstić information content (AvgIpc) is 2.36. The van der Waals surface area contributed by atoms with Gasteiger partial charge in [-0.05, 0) is 42.8 Å². The molecule has 2 rings (SSSR count). The largest absolute Gasteiger partial charge is 0.478 e. The minimum absolute atomic E-state index is 0.0356. The van der Waals surface area contributed by atoms with E-state index in [2.05, 4.69) is 5.32 Å². The van der Waals surface area contributed by atoms with Crippen LogP contribution in [-0.4, -0.2) is 11.1 Å². The Hall–Kier alpha value is -2.07. The van der Waals surface area contributed by atoms with E-state index in [0.717, 1.165) is 0 Å². The van der Waals surface area contributed by atoms with Gasteiger partial charge in [-0.15, -0.1) is 0 Å². The summed E-state index contributed by atoms with van der Waals surface area (Å²) in [6.45, 7) is 1.66. The number of aryl methyl sites for hydroxylation is 1. The number of rotatable bonds is 3. The van der Waals surface area contributed by atoms with Gasteiger partial charge in [0.15, 0.2) is 0 Å². The number of hydrogen-bond donors (Lipinski definition) is 2. The first-order chi connectivity index (χ1) is 8.97. The molecule has 98 valence electrons. The van der Waals surface area contributed by atoms with Crippen molar-refractivity contribution in [3.05, 3.63) is 58.4 Å². The second kappa shape index (κ2) is 5.28. The van der Waals surface area contributed by atoms with Gasteiger partial charge >= 0.3 is 5.97 Å². The standard InChI is InChI=1S/C14H11ClFNO2/c1-8-2-4-10(7-12(8)16)17-13-5-3-9(15)6-11(13)14(18)19/h2-7,17H,1H3,(H,18,19). The third-order valence-electron chi connectivity index (χ3n) is 2.66. The Bertz CT molecular complexity index is 643. The topological polar surface area (TPSA) is 49.3 Å². The summed E-state index contributed by atoms with van der Waals surface area (Å²) in [5.41, 5.74) is 1.40. The fourth-order valence-electron chi connectivity index (χ4n) is 1.63. The highest BCUT2D eigenvalue weighted by atomic mass is 35.5. The van der Waals surface area contributed by atoms with Crippen molar-refractivity contribution in [2.75, 3.05) is 5.32 Å². The Balaban J connectivity index is 2.37. The van der Waals surface area contributed by atoms with Gasteiger partial charge < -0.3 is 10.4 Å². The zero-order valence-corrected chi connectivity index (χ0v) is 10.8. The average molecular weight is 280 g/mol. The number of halogens is 2. The molecular weight excluding hydrogens is 269 g/mol.